The van der Waals surface area contributed by atoms with Gasteiger partial charge in [0.15, 0.2) is 0 Å². The van der Waals surface area contributed by atoms with E-state index >= 15 is 0 Å². The van der Waals surface area contributed by atoms with Crippen LogP contribution in [0.4, 0.5) is 20.6 Å². The number of anilines is 2. The van der Waals surface area contributed by atoms with E-state index in [4.69, 9.17) is 0 Å². The second-order valence-electron chi connectivity index (χ2n) is 6.05. The number of urea groups is 1. The monoisotopic (exact) mass is 373 g/mol. The summed E-state index contributed by atoms with van der Waals surface area (Å²) in [5.74, 6) is 0.250. The number of nitrogens with one attached hydrogen (secondary N) is 3. The highest BCUT2D eigenvalue weighted by Crippen LogP contribution is 2.20. The lowest BCUT2D eigenvalue weighted by atomic mass is 10.2. The number of benzene rings is 2. The summed E-state index contributed by atoms with van der Waals surface area (Å²) in [6.07, 6.45) is 2.43. The van der Waals surface area contributed by atoms with Crippen LogP contribution >= 0.6 is 11.8 Å². The molecule has 1 saturated carbocycles. The number of hydrogen-bond acceptors (Lipinski definition) is 3. The minimum atomic E-state index is -0.268. The summed E-state index contributed by atoms with van der Waals surface area (Å²) in [4.78, 5) is 24.6. The molecule has 0 heterocycles. The van der Waals surface area contributed by atoms with Crippen molar-refractivity contribution in [1.82, 2.24) is 5.32 Å². The van der Waals surface area contributed by atoms with Gasteiger partial charge in [-0.1, -0.05) is 0 Å². The van der Waals surface area contributed by atoms with Crippen molar-refractivity contribution < 1.29 is 14.0 Å². The molecular weight excluding hydrogens is 353 g/mol. The zero-order valence-electron chi connectivity index (χ0n) is 14.1. The third kappa shape index (κ3) is 6.07. The normalized spacial score (nSPS) is 13.1. The first-order chi connectivity index (χ1) is 12.6. The van der Waals surface area contributed by atoms with Crippen molar-refractivity contribution in [3.63, 3.8) is 0 Å². The van der Waals surface area contributed by atoms with Gasteiger partial charge in [-0.05, 0) is 61.4 Å². The summed E-state index contributed by atoms with van der Waals surface area (Å²) < 4.78 is 12.8. The Labute approximate surface area is 155 Å². The predicted octanol–water partition coefficient (Wildman–Crippen LogP) is 4.23. The first-order valence-electron chi connectivity index (χ1n) is 8.44. The smallest absolute Gasteiger partial charge is 0.319 e. The zero-order valence-corrected chi connectivity index (χ0v) is 14.9. The molecule has 2 aromatic carbocycles. The molecule has 0 atom stereocenters. The van der Waals surface area contributed by atoms with Crippen LogP contribution in [0.5, 0.6) is 0 Å². The number of hydrogen-bond donors (Lipinski definition) is 3. The van der Waals surface area contributed by atoms with Crippen LogP contribution in [0.1, 0.15) is 19.3 Å². The molecule has 0 spiro atoms. The molecule has 0 radical (unpaired) electrons. The Hall–Kier alpha value is -2.54. The Kier molecular flexibility index (Phi) is 6.12. The van der Waals surface area contributed by atoms with Crippen molar-refractivity contribution >= 4 is 35.1 Å². The van der Waals surface area contributed by atoms with Crippen molar-refractivity contribution in [2.45, 2.75) is 30.2 Å². The van der Waals surface area contributed by atoms with Gasteiger partial charge in [0.05, 0.1) is 0 Å². The van der Waals surface area contributed by atoms with Gasteiger partial charge in [-0.15, -0.1) is 11.8 Å². The standard InChI is InChI=1S/C19H20FN3O2S/c20-13-1-9-17(10-2-13)26-12-11-18(24)21-14-3-5-15(6-4-14)22-19(25)23-16-7-8-16/h1-6,9-10,16H,7-8,11-12H2,(H,21,24)(H2,22,23,25). The Morgan fingerprint density at radius 2 is 1.58 bits per heavy atom. The van der Waals surface area contributed by atoms with Gasteiger partial charge < -0.3 is 16.0 Å². The van der Waals surface area contributed by atoms with Crippen LogP contribution in [-0.2, 0) is 4.79 Å². The van der Waals surface area contributed by atoms with Gasteiger partial charge in [-0.25, -0.2) is 9.18 Å². The summed E-state index contributed by atoms with van der Waals surface area (Å²) in [6.45, 7) is 0. The van der Waals surface area contributed by atoms with E-state index < -0.39 is 0 Å². The van der Waals surface area contributed by atoms with E-state index in [0.717, 1.165) is 17.7 Å². The van der Waals surface area contributed by atoms with E-state index in [2.05, 4.69) is 16.0 Å². The molecule has 0 saturated heterocycles. The first-order valence-corrected chi connectivity index (χ1v) is 9.43. The maximum Gasteiger partial charge on any atom is 0.319 e. The van der Waals surface area contributed by atoms with E-state index in [1.54, 1.807) is 36.4 Å². The van der Waals surface area contributed by atoms with Gasteiger partial charge in [0.2, 0.25) is 5.91 Å². The molecule has 3 rings (SSSR count). The molecule has 3 amide bonds. The summed E-state index contributed by atoms with van der Waals surface area (Å²) >= 11 is 1.51. The van der Waals surface area contributed by atoms with Gasteiger partial charge in [-0.2, -0.15) is 0 Å². The minimum absolute atomic E-state index is 0.0909. The SMILES string of the molecule is O=C(CCSc1ccc(F)cc1)Nc1ccc(NC(=O)NC2CC2)cc1. The van der Waals surface area contributed by atoms with Crippen LogP contribution in [0.15, 0.2) is 53.4 Å². The number of thioether (sulfide) groups is 1. The highest BCUT2D eigenvalue weighted by molar-refractivity contribution is 7.99. The predicted molar refractivity (Wildman–Crippen MR) is 102 cm³/mol. The molecule has 1 aliphatic rings. The van der Waals surface area contributed by atoms with E-state index in [1.807, 2.05) is 0 Å². The van der Waals surface area contributed by atoms with Crippen LogP contribution in [0.3, 0.4) is 0 Å². The average Bonchev–Trinajstić information content (AvgIpc) is 3.42. The highest BCUT2D eigenvalue weighted by atomic mass is 32.2. The average molecular weight is 373 g/mol. The largest absolute Gasteiger partial charge is 0.335 e. The second-order valence-corrected chi connectivity index (χ2v) is 7.22. The molecule has 5 nitrogen and oxygen atoms in total. The zero-order chi connectivity index (χ0) is 18.4. The molecule has 0 unspecified atom stereocenters. The molecular formula is C19H20FN3O2S. The number of amides is 3. The van der Waals surface area contributed by atoms with Crippen LogP contribution in [-0.4, -0.2) is 23.7 Å². The molecule has 0 aliphatic heterocycles. The maximum atomic E-state index is 12.8. The lowest BCUT2D eigenvalue weighted by molar-refractivity contribution is -0.115. The Morgan fingerprint density at radius 1 is 0.962 bits per heavy atom. The Balaban J connectivity index is 1.39. The van der Waals surface area contributed by atoms with Gasteiger partial charge in [0, 0.05) is 34.5 Å². The lowest BCUT2D eigenvalue weighted by Crippen LogP contribution is -2.30. The third-order valence-corrected chi connectivity index (χ3v) is 4.76. The van der Waals surface area contributed by atoms with Crippen LogP contribution in [0.2, 0.25) is 0 Å². The molecule has 0 aromatic heterocycles. The molecule has 3 N–H and O–H groups in total. The van der Waals surface area contributed by atoms with Gasteiger partial charge >= 0.3 is 6.03 Å². The van der Waals surface area contributed by atoms with Crippen molar-refractivity contribution in [2.75, 3.05) is 16.4 Å². The van der Waals surface area contributed by atoms with Gasteiger partial charge in [-0.3, -0.25) is 4.79 Å². The van der Waals surface area contributed by atoms with E-state index in [-0.39, 0.29) is 17.8 Å². The van der Waals surface area contributed by atoms with E-state index in [9.17, 15) is 14.0 Å². The van der Waals surface area contributed by atoms with Crippen molar-refractivity contribution in [3.8, 4) is 0 Å². The second kappa shape index (κ2) is 8.71. The van der Waals surface area contributed by atoms with E-state index in [1.165, 1.54) is 23.9 Å². The fourth-order valence-electron chi connectivity index (χ4n) is 2.23. The summed E-state index contributed by atoms with van der Waals surface area (Å²) in [5.41, 5.74) is 1.35. The minimum Gasteiger partial charge on any atom is -0.335 e. The molecule has 136 valence electrons. The van der Waals surface area contributed by atoms with Crippen LogP contribution in [0, 0.1) is 5.82 Å². The van der Waals surface area contributed by atoms with Gasteiger partial charge in [0.1, 0.15) is 5.82 Å². The topological polar surface area (TPSA) is 70.2 Å². The lowest BCUT2D eigenvalue weighted by Gasteiger charge is -2.09. The van der Waals surface area contributed by atoms with Crippen molar-refractivity contribution in [1.29, 1.82) is 0 Å². The number of carbonyl (C=O) groups excluding carboxylic acids is 2. The number of carbonyl (C=O) groups is 2. The third-order valence-electron chi connectivity index (χ3n) is 3.75. The van der Waals surface area contributed by atoms with Crippen LogP contribution < -0.4 is 16.0 Å². The first kappa shape index (κ1) is 18.3. The number of halogens is 1. The van der Waals surface area contributed by atoms with E-state index in [0.29, 0.717) is 29.6 Å². The Bertz CT molecular complexity index is 761. The van der Waals surface area contributed by atoms with Crippen LogP contribution in [0.25, 0.3) is 0 Å². The number of rotatable bonds is 7. The quantitative estimate of drug-likeness (QED) is 0.636. The molecule has 7 heteroatoms. The molecule has 26 heavy (non-hydrogen) atoms. The molecule has 2 aromatic rings. The maximum absolute atomic E-state index is 12.8. The summed E-state index contributed by atoms with van der Waals surface area (Å²) in [7, 11) is 0. The fourth-order valence-corrected chi connectivity index (χ4v) is 3.08. The van der Waals surface area contributed by atoms with Crippen molar-refractivity contribution in [2.24, 2.45) is 0 Å². The highest BCUT2D eigenvalue weighted by Gasteiger charge is 2.23. The fraction of sp³-hybridized carbons (Fsp3) is 0.263. The summed E-state index contributed by atoms with van der Waals surface area (Å²) in [6, 6.07) is 13.3. The molecule has 0 bridgehead atoms. The van der Waals surface area contributed by atoms with Crippen molar-refractivity contribution in [3.05, 3.63) is 54.3 Å². The Morgan fingerprint density at radius 3 is 2.19 bits per heavy atom. The molecule has 1 aliphatic carbocycles. The van der Waals surface area contributed by atoms with Gasteiger partial charge in [0.25, 0.3) is 0 Å². The summed E-state index contributed by atoms with van der Waals surface area (Å²) in [5, 5.41) is 8.42. The molecule has 1 fully saturated rings.